The second kappa shape index (κ2) is 8.41. The largest absolute Gasteiger partial charge is 0.481 e. The maximum Gasteiger partial charge on any atom is 0.317 e. The lowest BCUT2D eigenvalue weighted by Gasteiger charge is -2.36. The summed E-state index contributed by atoms with van der Waals surface area (Å²) < 4.78 is 0. The molecule has 2 N–H and O–H groups in total. The van der Waals surface area contributed by atoms with Gasteiger partial charge in [0.2, 0.25) is 0 Å². The third-order valence-corrected chi connectivity index (χ3v) is 4.13. The minimum absolute atomic E-state index is 0.0469. The van der Waals surface area contributed by atoms with E-state index in [-0.39, 0.29) is 12.5 Å². The van der Waals surface area contributed by atoms with Crippen LogP contribution in [0.25, 0.3) is 0 Å². The second-order valence-electron chi connectivity index (χ2n) is 5.48. The first kappa shape index (κ1) is 17.9. The second-order valence-corrected chi connectivity index (χ2v) is 5.89. The summed E-state index contributed by atoms with van der Waals surface area (Å²) in [5, 5.41) is 20.7. The van der Waals surface area contributed by atoms with Gasteiger partial charge in [-0.25, -0.2) is 4.79 Å². The van der Waals surface area contributed by atoms with E-state index >= 15 is 0 Å². The van der Waals surface area contributed by atoms with Crippen LogP contribution in [0.2, 0.25) is 5.02 Å². The standard InChI is InChI=1S/C16H19ClN4O3/c17-13-10-12(11-18)3-4-14(13)20-6-8-21(9-7-20)16(24)19-5-1-2-15(22)23/h3-4,10H,1-2,5-9H2,(H,19,24)(H,22,23). The van der Waals surface area contributed by atoms with Gasteiger partial charge >= 0.3 is 12.0 Å². The van der Waals surface area contributed by atoms with Crippen molar-refractivity contribution in [1.29, 1.82) is 5.26 Å². The van der Waals surface area contributed by atoms with Gasteiger partial charge in [-0.3, -0.25) is 4.79 Å². The van der Waals surface area contributed by atoms with Crippen molar-refractivity contribution >= 4 is 29.3 Å². The highest BCUT2D eigenvalue weighted by molar-refractivity contribution is 6.33. The molecular formula is C16H19ClN4O3. The quantitative estimate of drug-likeness (QED) is 0.791. The lowest BCUT2D eigenvalue weighted by Crippen LogP contribution is -2.52. The number of carbonyl (C=O) groups excluding carboxylic acids is 1. The van der Waals surface area contributed by atoms with E-state index in [4.69, 9.17) is 22.0 Å². The highest BCUT2D eigenvalue weighted by Crippen LogP contribution is 2.27. The van der Waals surface area contributed by atoms with Crippen LogP contribution in [0.5, 0.6) is 0 Å². The summed E-state index contributed by atoms with van der Waals surface area (Å²) in [6.07, 6.45) is 0.465. The van der Waals surface area contributed by atoms with Crippen molar-refractivity contribution in [3.63, 3.8) is 0 Å². The molecule has 24 heavy (non-hydrogen) atoms. The van der Waals surface area contributed by atoms with Crippen LogP contribution in [0, 0.1) is 11.3 Å². The molecule has 1 heterocycles. The molecule has 0 saturated carbocycles. The minimum atomic E-state index is -0.864. The van der Waals surface area contributed by atoms with E-state index in [9.17, 15) is 9.59 Å². The van der Waals surface area contributed by atoms with Crippen molar-refractivity contribution in [2.45, 2.75) is 12.8 Å². The van der Waals surface area contributed by atoms with Crippen LogP contribution in [-0.2, 0) is 4.79 Å². The van der Waals surface area contributed by atoms with Gasteiger partial charge < -0.3 is 20.2 Å². The van der Waals surface area contributed by atoms with E-state index in [0.717, 1.165) is 5.69 Å². The van der Waals surface area contributed by atoms with Gasteiger partial charge in [0.1, 0.15) is 0 Å². The fourth-order valence-electron chi connectivity index (χ4n) is 2.53. The molecule has 0 radical (unpaired) electrons. The molecule has 0 bridgehead atoms. The van der Waals surface area contributed by atoms with Crippen LogP contribution in [0.15, 0.2) is 18.2 Å². The fraction of sp³-hybridized carbons (Fsp3) is 0.438. The Hall–Kier alpha value is -2.46. The average Bonchev–Trinajstić information content (AvgIpc) is 2.58. The number of anilines is 1. The molecule has 1 aromatic rings. The number of rotatable bonds is 5. The Morgan fingerprint density at radius 3 is 2.58 bits per heavy atom. The molecule has 2 rings (SSSR count). The van der Waals surface area contributed by atoms with Crippen molar-refractivity contribution < 1.29 is 14.7 Å². The number of piperazine rings is 1. The van der Waals surface area contributed by atoms with Gasteiger partial charge in [0, 0.05) is 39.1 Å². The number of urea groups is 1. The van der Waals surface area contributed by atoms with Crippen molar-refractivity contribution in [1.82, 2.24) is 10.2 Å². The number of carboxylic acid groups (broad SMARTS) is 1. The summed E-state index contributed by atoms with van der Waals surface area (Å²) in [7, 11) is 0. The first-order valence-electron chi connectivity index (χ1n) is 7.70. The van der Waals surface area contributed by atoms with Crippen molar-refractivity contribution in [2.24, 2.45) is 0 Å². The zero-order chi connectivity index (χ0) is 17.5. The molecule has 1 fully saturated rings. The maximum atomic E-state index is 12.0. The summed E-state index contributed by atoms with van der Waals surface area (Å²) in [5.41, 5.74) is 1.38. The molecule has 7 nitrogen and oxygen atoms in total. The van der Waals surface area contributed by atoms with Crippen molar-refractivity contribution in [3.05, 3.63) is 28.8 Å². The van der Waals surface area contributed by atoms with Gasteiger partial charge in [-0.05, 0) is 24.6 Å². The van der Waals surface area contributed by atoms with Gasteiger partial charge in [0.15, 0.2) is 0 Å². The highest BCUT2D eigenvalue weighted by Gasteiger charge is 2.22. The third-order valence-electron chi connectivity index (χ3n) is 3.83. The van der Waals surface area contributed by atoms with Crippen LogP contribution >= 0.6 is 11.6 Å². The third kappa shape index (κ3) is 4.77. The van der Waals surface area contributed by atoms with Gasteiger partial charge in [0.25, 0.3) is 0 Å². The lowest BCUT2D eigenvalue weighted by atomic mass is 10.2. The number of nitriles is 1. The molecule has 0 spiro atoms. The number of halogens is 1. The Morgan fingerprint density at radius 2 is 2.00 bits per heavy atom. The van der Waals surface area contributed by atoms with Crippen LogP contribution in [-0.4, -0.2) is 54.7 Å². The Bertz CT molecular complexity index is 651. The summed E-state index contributed by atoms with van der Waals surface area (Å²) in [4.78, 5) is 26.2. The molecule has 0 atom stereocenters. The topological polar surface area (TPSA) is 96.7 Å². The van der Waals surface area contributed by atoms with Gasteiger partial charge in [0.05, 0.1) is 22.3 Å². The first-order chi connectivity index (χ1) is 11.5. The number of carbonyl (C=O) groups is 2. The monoisotopic (exact) mass is 350 g/mol. The van der Waals surface area contributed by atoms with Crippen molar-refractivity contribution in [3.8, 4) is 6.07 Å². The van der Waals surface area contributed by atoms with E-state index in [0.29, 0.717) is 49.7 Å². The van der Waals surface area contributed by atoms with Crippen molar-refractivity contribution in [2.75, 3.05) is 37.6 Å². The number of nitrogens with zero attached hydrogens (tertiary/aromatic N) is 3. The molecule has 1 saturated heterocycles. The fourth-order valence-corrected chi connectivity index (χ4v) is 2.83. The van der Waals surface area contributed by atoms with Crippen LogP contribution in [0.1, 0.15) is 18.4 Å². The number of hydrogen-bond acceptors (Lipinski definition) is 4. The number of benzene rings is 1. The van der Waals surface area contributed by atoms with Crippen LogP contribution in [0.4, 0.5) is 10.5 Å². The number of nitrogens with one attached hydrogen (secondary N) is 1. The predicted molar refractivity (Wildman–Crippen MR) is 90.2 cm³/mol. The van der Waals surface area contributed by atoms with E-state index < -0.39 is 5.97 Å². The Balaban J connectivity index is 1.82. The Morgan fingerprint density at radius 1 is 1.29 bits per heavy atom. The molecular weight excluding hydrogens is 332 g/mol. The molecule has 0 unspecified atom stereocenters. The lowest BCUT2D eigenvalue weighted by molar-refractivity contribution is -0.137. The first-order valence-corrected chi connectivity index (χ1v) is 8.08. The van der Waals surface area contributed by atoms with E-state index in [1.165, 1.54) is 0 Å². The Labute approximate surface area is 145 Å². The average molecular weight is 351 g/mol. The predicted octanol–water partition coefficient (Wildman–Crippen LogP) is 1.91. The number of carboxylic acids is 1. The summed E-state index contributed by atoms with van der Waals surface area (Å²) in [6.45, 7) is 2.76. The van der Waals surface area contributed by atoms with E-state index in [1.54, 1.807) is 17.0 Å². The zero-order valence-corrected chi connectivity index (χ0v) is 13.9. The normalized spacial score (nSPS) is 14.2. The van der Waals surface area contributed by atoms with Gasteiger partial charge in [-0.15, -0.1) is 0 Å². The molecule has 8 heteroatoms. The molecule has 0 aliphatic carbocycles. The molecule has 2 amide bonds. The summed E-state index contributed by atoms with van der Waals surface area (Å²) >= 11 is 6.22. The van der Waals surface area contributed by atoms with Crippen LogP contribution in [0.3, 0.4) is 0 Å². The number of aliphatic carboxylic acids is 1. The summed E-state index contributed by atoms with van der Waals surface area (Å²) in [5.74, 6) is -0.864. The minimum Gasteiger partial charge on any atom is -0.481 e. The molecule has 0 aromatic heterocycles. The molecule has 128 valence electrons. The van der Waals surface area contributed by atoms with Crippen LogP contribution < -0.4 is 10.2 Å². The van der Waals surface area contributed by atoms with E-state index in [2.05, 4.69) is 16.3 Å². The zero-order valence-electron chi connectivity index (χ0n) is 13.2. The summed E-state index contributed by atoms with van der Waals surface area (Å²) in [6, 6.07) is 7.06. The van der Waals surface area contributed by atoms with E-state index in [1.807, 2.05) is 6.07 Å². The molecule has 1 aliphatic heterocycles. The smallest absolute Gasteiger partial charge is 0.317 e. The molecule has 1 aromatic carbocycles. The van der Waals surface area contributed by atoms with Gasteiger partial charge in [-0.2, -0.15) is 5.26 Å². The Kier molecular flexibility index (Phi) is 6.27. The SMILES string of the molecule is N#Cc1ccc(N2CCN(C(=O)NCCCC(=O)O)CC2)c(Cl)c1. The highest BCUT2D eigenvalue weighted by atomic mass is 35.5. The maximum absolute atomic E-state index is 12.0. The number of hydrogen-bond donors (Lipinski definition) is 2. The molecule has 1 aliphatic rings. The number of amides is 2. The van der Waals surface area contributed by atoms with Gasteiger partial charge in [-0.1, -0.05) is 11.6 Å².